The molecule has 1 aromatic rings. The third-order valence-electron chi connectivity index (χ3n) is 2.26. The Morgan fingerprint density at radius 3 is 2.92 bits per heavy atom. The van der Waals surface area contributed by atoms with Gasteiger partial charge in [0.2, 0.25) is 0 Å². The van der Waals surface area contributed by atoms with Gasteiger partial charge in [0.05, 0.1) is 6.10 Å². The lowest BCUT2D eigenvalue weighted by Crippen LogP contribution is -2.04. The van der Waals surface area contributed by atoms with Gasteiger partial charge in [0, 0.05) is 11.8 Å². The smallest absolute Gasteiger partial charge is 0.129 e. The monoisotopic (exact) mass is 164 g/mol. The molecule has 1 heterocycles. The van der Waals surface area contributed by atoms with E-state index in [4.69, 9.17) is 5.73 Å². The molecule has 3 N–H and O–H groups in total. The molecule has 1 aromatic heterocycles. The fourth-order valence-electron chi connectivity index (χ4n) is 1.35. The molecule has 3 nitrogen and oxygen atoms in total. The van der Waals surface area contributed by atoms with Gasteiger partial charge in [0.25, 0.3) is 0 Å². The Balaban J connectivity index is 2.25. The van der Waals surface area contributed by atoms with Gasteiger partial charge in [0.15, 0.2) is 0 Å². The predicted octanol–water partition coefficient (Wildman–Crippen LogP) is 1.11. The van der Waals surface area contributed by atoms with Gasteiger partial charge in [-0.1, -0.05) is 6.07 Å². The van der Waals surface area contributed by atoms with E-state index >= 15 is 0 Å². The zero-order chi connectivity index (χ0) is 8.55. The van der Waals surface area contributed by atoms with Gasteiger partial charge in [-0.05, 0) is 24.8 Å². The molecule has 1 saturated carbocycles. The Kier molecular flexibility index (Phi) is 1.73. The van der Waals surface area contributed by atoms with Crippen LogP contribution in [-0.2, 0) is 0 Å². The minimum absolute atomic E-state index is 0.404. The highest BCUT2D eigenvalue weighted by molar-refractivity contribution is 5.40. The summed E-state index contributed by atoms with van der Waals surface area (Å²) >= 11 is 0. The molecule has 1 aliphatic rings. The van der Waals surface area contributed by atoms with Crippen molar-refractivity contribution in [3.8, 4) is 0 Å². The zero-order valence-electron chi connectivity index (χ0n) is 6.77. The van der Waals surface area contributed by atoms with Crippen LogP contribution < -0.4 is 5.73 Å². The summed E-state index contributed by atoms with van der Waals surface area (Å²) in [6.07, 6.45) is 3.45. The molecule has 1 atom stereocenters. The van der Waals surface area contributed by atoms with Crippen LogP contribution in [-0.4, -0.2) is 10.1 Å². The van der Waals surface area contributed by atoms with E-state index in [1.807, 2.05) is 6.07 Å². The minimum Gasteiger partial charge on any atom is -0.388 e. The number of nitrogens with zero attached hydrogens (tertiary/aromatic N) is 1. The van der Waals surface area contributed by atoms with Crippen molar-refractivity contribution in [3.63, 3.8) is 0 Å². The molecule has 12 heavy (non-hydrogen) atoms. The van der Waals surface area contributed by atoms with E-state index in [1.165, 1.54) is 0 Å². The molecule has 0 radical (unpaired) electrons. The highest BCUT2D eigenvalue weighted by Gasteiger charge is 2.31. The number of aliphatic hydroxyl groups is 1. The molecular formula is C9H12N2O. The highest BCUT2D eigenvalue weighted by atomic mass is 16.3. The van der Waals surface area contributed by atoms with Gasteiger partial charge >= 0.3 is 0 Å². The lowest BCUT2D eigenvalue weighted by Gasteiger charge is -2.10. The molecule has 1 fully saturated rings. The molecule has 0 aliphatic heterocycles. The summed E-state index contributed by atoms with van der Waals surface area (Å²) in [5, 5.41) is 9.72. The molecule has 64 valence electrons. The first-order valence-electron chi connectivity index (χ1n) is 4.17. The van der Waals surface area contributed by atoms with Gasteiger partial charge in [-0.3, -0.25) is 0 Å². The summed E-state index contributed by atoms with van der Waals surface area (Å²) in [7, 11) is 0. The number of aromatic nitrogens is 1. The Bertz CT molecular complexity index is 284. The third kappa shape index (κ3) is 1.28. The number of pyridine rings is 1. The minimum atomic E-state index is -0.404. The molecule has 0 bridgehead atoms. The maximum atomic E-state index is 9.72. The largest absolute Gasteiger partial charge is 0.388 e. The fourth-order valence-corrected chi connectivity index (χ4v) is 1.35. The summed E-state index contributed by atoms with van der Waals surface area (Å²) < 4.78 is 0. The van der Waals surface area contributed by atoms with Crippen LogP contribution in [0.2, 0.25) is 0 Å². The van der Waals surface area contributed by atoms with E-state index in [1.54, 1.807) is 12.3 Å². The molecule has 0 spiro atoms. The predicted molar refractivity (Wildman–Crippen MR) is 46.3 cm³/mol. The molecule has 0 aromatic carbocycles. The van der Waals surface area contributed by atoms with Crippen molar-refractivity contribution >= 4 is 5.82 Å². The van der Waals surface area contributed by atoms with Crippen molar-refractivity contribution in [2.75, 3.05) is 5.73 Å². The van der Waals surface area contributed by atoms with Crippen molar-refractivity contribution in [2.24, 2.45) is 5.92 Å². The van der Waals surface area contributed by atoms with Crippen molar-refractivity contribution in [2.45, 2.75) is 18.9 Å². The normalized spacial score (nSPS) is 19.1. The van der Waals surface area contributed by atoms with Crippen molar-refractivity contribution in [3.05, 3.63) is 23.9 Å². The van der Waals surface area contributed by atoms with Crippen LogP contribution >= 0.6 is 0 Å². The number of hydrogen-bond acceptors (Lipinski definition) is 3. The lowest BCUT2D eigenvalue weighted by molar-refractivity contribution is 0.154. The Morgan fingerprint density at radius 2 is 2.33 bits per heavy atom. The summed E-state index contributed by atoms with van der Waals surface area (Å²) in [6.45, 7) is 0. The first kappa shape index (κ1) is 7.55. The number of nitrogens with two attached hydrogens (primary N) is 1. The average molecular weight is 164 g/mol. The maximum absolute atomic E-state index is 9.72. The van der Waals surface area contributed by atoms with Crippen LogP contribution in [0.1, 0.15) is 24.5 Å². The number of hydrogen-bond donors (Lipinski definition) is 2. The van der Waals surface area contributed by atoms with Crippen LogP contribution in [0.4, 0.5) is 5.82 Å². The maximum Gasteiger partial charge on any atom is 0.129 e. The molecule has 0 amide bonds. The number of nitrogen functional groups attached to an aromatic ring is 1. The Labute approximate surface area is 71.2 Å². The van der Waals surface area contributed by atoms with E-state index < -0.39 is 6.10 Å². The van der Waals surface area contributed by atoms with Gasteiger partial charge in [-0.2, -0.15) is 0 Å². The van der Waals surface area contributed by atoms with Crippen LogP contribution in [0, 0.1) is 5.92 Å². The van der Waals surface area contributed by atoms with Gasteiger partial charge < -0.3 is 10.8 Å². The molecule has 0 unspecified atom stereocenters. The van der Waals surface area contributed by atoms with Crippen molar-refractivity contribution < 1.29 is 5.11 Å². The second-order valence-corrected chi connectivity index (χ2v) is 3.26. The molecule has 2 rings (SSSR count). The van der Waals surface area contributed by atoms with Crippen LogP contribution in [0.15, 0.2) is 18.3 Å². The van der Waals surface area contributed by atoms with E-state index in [2.05, 4.69) is 4.98 Å². The molecule has 0 saturated heterocycles. The number of aliphatic hydroxyl groups excluding tert-OH is 1. The Hall–Kier alpha value is -1.09. The molecule has 1 aliphatic carbocycles. The van der Waals surface area contributed by atoms with E-state index in [0.717, 1.165) is 18.4 Å². The van der Waals surface area contributed by atoms with Crippen LogP contribution in [0.25, 0.3) is 0 Å². The summed E-state index contributed by atoms with van der Waals surface area (Å²) in [4.78, 5) is 3.93. The quantitative estimate of drug-likeness (QED) is 0.688. The van der Waals surface area contributed by atoms with Crippen molar-refractivity contribution in [1.82, 2.24) is 4.98 Å². The number of anilines is 1. The average Bonchev–Trinajstić information content (AvgIpc) is 2.86. The molecule has 3 heteroatoms. The number of rotatable bonds is 2. The lowest BCUT2D eigenvalue weighted by atomic mass is 10.1. The van der Waals surface area contributed by atoms with E-state index in [9.17, 15) is 5.11 Å². The highest BCUT2D eigenvalue weighted by Crippen LogP contribution is 2.41. The van der Waals surface area contributed by atoms with Gasteiger partial charge in [-0.15, -0.1) is 0 Å². The third-order valence-corrected chi connectivity index (χ3v) is 2.26. The van der Waals surface area contributed by atoms with Gasteiger partial charge in [-0.25, -0.2) is 4.98 Å². The first-order chi connectivity index (χ1) is 5.79. The first-order valence-corrected chi connectivity index (χ1v) is 4.17. The summed E-state index contributed by atoms with van der Waals surface area (Å²) in [5.41, 5.74) is 6.39. The second kappa shape index (κ2) is 2.75. The Morgan fingerprint density at radius 1 is 1.58 bits per heavy atom. The molecular weight excluding hydrogens is 152 g/mol. The summed E-state index contributed by atoms with van der Waals surface area (Å²) in [5.74, 6) is 0.869. The standard InChI is InChI=1S/C9H12N2O/c10-9-7(2-1-5-11-9)8(12)6-3-4-6/h1-2,5-6,8,12H,3-4H2,(H2,10,11)/t8-/m1/s1. The fraction of sp³-hybridized carbons (Fsp3) is 0.444. The zero-order valence-corrected chi connectivity index (χ0v) is 6.77. The summed E-state index contributed by atoms with van der Waals surface area (Å²) in [6, 6.07) is 3.64. The van der Waals surface area contributed by atoms with Gasteiger partial charge in [0.1, 0.15) is 5.82 Å². The van der Waals surface area contributed by atoms with E-state index in [0.29, 0.717) is 11.7 Å². The van der Waals surface area contributed by atoms with Crippen LogP contribution in [0.5, 0.6) is 0 Å². The van der Waals surface area contributed by atoms with Crippen molar-refractivity contribution in [1.29, 1.82) is 0 Å². The second-order valence-electron chi connectivity index (χ2n) is 3.26. The van der Waals surface area contributed by atoms with E-state index in [-0.39, 0.29) is 0 Å². The SMILES string of the molecule is Nc1ncccc1[C@H](O)C1CC1. The topological polar surface area (TPSA) is 59.1 Å². The van der Waals surface area contributed by atoms with Crippen LogP contribution in [0.3, 0.4) is 0 Å².